The lowest BCUT2D eigenvalue weighted by Crippen LogP contribution is -2.41. The number of nitrogens with zero attached hydrogens (tertiary/aromatic N) is 4. The number of thiophene rings is 1. The largest absolute Gasteiger partial charge is 0.351 e. The molecule has 0 bridgehead atoms. The fourth-order valence-corrected chi connectivity index (χ4v) is 3.56. The van der Waals surface area contributed by atoms with Crippen molar-refractivity contribution in [3.05, 3.63) is 39.0 Å². The lowest BCUT2D eigenvalue weighted by atomic mass is 10.2. The monoisotopic (exact) mass is 507 g/mol. The van der Waals surface area contributed by atoms with Gasteiger partial charge in [0.25, 0.3) is 0 Å². The zero-order chi connectivity index (χ0) is 18.2. The Morgan fingerprint density at radius 2 is 2.08 bits per heavy atom. The zero-order valence-electron chi connectivity index (χ0n) is 15.5. The van der Waals surface area contributed by atoms with E-state index in [1.807, 2.05) is 24.7 Å². The highest BCUT2D eigenvalue weighted by molar-refractivity contribution is 14.0. The molecule has 1 amide bonds. The number of hydrogen-bond donors (Lipinski definition) is 1. The third-order valence-corrected chi connectivity index (χ3v) is 5.53. The molecular weight excluding hydrogens is 481 g/mol. The number of halogens is 1. The van der Waals surface area contributed by atoms with Crippen LogP contribution in [0.3, 0.4) is 0 Å². The molecule has 9 heteroatoms. The van der Waals surface area contributed by atoms with Crippen LogP contribution in [0.25, 0.3) is 0 Å². The first-order valence-electron chi connectivity index (χ1n) is 8.08. The van der Waals surface area contributed by atoms with E-state index in [4.69, 9.17) is 0 Å². The number of amides is 1. The molecule has 0 aliphatic carbocycles. The molecule has 2 aromatic heterocycles. The van der Waals surface area contributed by atoms with Gasteiger partial charge in [-0.2, -0.15) is 0 Å². The van der Waals surface area contributed by atoms with Crippen molar-refractivity contribution in [1.82, 2.24) is 20.1 Å². The molecule has 0 saturated heterocycles. The minimum Gasteiger partial charge on any atom is -0.351 e. The predicted octanol–water partition coefficient (Wildman–Crippen LogP) is 3.09. The average molecular weight is 507 g/mol. The second kappa shape index (κ2) is 11.5. The third-order valence-electron chi connectivity index (χ3n) is 3.65. The lowest BCUT2D eigenvalue weighted by Gasteiger charge is -2.25. The molecule has 0 aliphatic rings. The molecule has 2 aromatic rings. The maximum absolute atomic E-state index is 11.9. The molecular formula is C17H26IN5OS2. The van der Waals surface area contributed by atoms with Crippen LogP contribution < -0.4 is 5.32 Å². The summed E-state index contributed by atoms with van der Waals surface area (Å²) < 4.78 is 0. The van der Waals surface area contributed by atoms with Gasteiger partial charge in [0.05, 0.1) is 11.6 Å². The molecule has 144 valence electrons. The Morgan fingerprint density at radius 1 is 1.31 bits per heavy atom. The van der Waals surface area contributed by atoms with Crippen LogP contribution in [0.4, 0.5) is 0 Å². The van der Waals surface area contributed by atoms with Gasteiger partial charge in [-0.3, -0.25) is 4.79 Å². The second-order valence-corrected chi connectivity index (χ2v) is 7.97. The van der Waals surface area contributed by atoms with Crippen LogP contribution in [-0.4, -0.2) is 60.9 Å². The van der Waals surface area contributed by atoms with E-state index in [-0.39, 0.29) is 36.4 Å². The fraction of sp³-hybridized carbons (Fsp3) is 0.471. The van der Waals surface area contributed by atoms with Crippen molar-refractivity contribution >= 4 is 58.5 Å². The summed E-state index contributed by atoms with van der Waals surface area (Å²) in [6, 6.07) is 4.11. The number of carbonyl (C=O) groups excluding carboxylic acids is 1. The Bertz CT molecular complexity index is 673. The van der Waals surface area contributed by atoms with E-state index in [1.165, 1.54) is 4.88 Å². The summed E-state index contributed by atoms with van der Waals surface area (Å²) in [5.74, 6) is 1.01. The van der Waals surface area contributed by atoms with Gasteiger partial charge in [-0.15, -0.1) is 46.7 Å². The summed E-state index contributed by atoms with van der Waals surface area (Å²) in [6.45, 7) is 3.76. The number of aliphatic imine (C=N–C) groups is 1. The number of thiazole rings is 1. The van der Waals surface area contributed by atoms with E-state index in [0.29, 0.717) is 12.5 Å². The maximum Gasteiger partial charge on any atom is 0.243 e. The molecule has 1 N–H and O–H groups in total. The van der Waals surface area contributed by atoms with Crippen LogP contribution in [0.2, 0.25) is 0 Å². The second-order valence-electron chi connectivity index (χ2n) is 6.01. The van der Waals surface area contributed by atoms with Gasteiger partial charge in [0.15, 0.2) is 5.96 Å². The van der Waals surface area contributed by atoms with Crippen LogP contribution in [0.15, 0.2) is 34.1 Å². The number of aromatic nitrogens is 1. The van der Waals surface area contributed by atoms with Crippen molar-refractivity contribution in [2.24, 2.45) is 4.99 Å². The lowest BCUT2D eigenvalue weighted by molar-refractivity contribution is -0.127. The summed E-state index contributed by atoms with van der Waals surface area (Å²) in [7, 11) is 5.47. The standard InChI is InChI=1S/C17H25N5OS2.HI/c1-13(16-18-7-9-25-16)12-22(4)17(20-11-15(23)21(2)3)19-10-14-6-5-8-24-14;/h5-9,13H,10-12H2,1-4H3,(H,19,20);1H. The summed E-state index contributed by atoms with van der Waals surface area (Å²) in [5.41, 5.74) is 0. The van der Waals surface area contributed by atoms with E-state index in [0.717, 1.165) is 17.5 Å². The highest BCUT2D eigenvalue weighted by Gasteiger charge is 2.15. The van der Waals surface area contributed by atoms with Gasteiger partial charge in [0.2, 0.25) is 5.91 Å². The molecule has 0 aromatic carbocycles. The maximum atomic E-state index is 11.9. The van der Waals surface area contributed by atoms with Gasteiger partial charge in [0, 0.05) is 50.1 Å². The highest BCUT2D eigenvalue weighted by atomic mass is 127. The molecule has 6 nitrogen and oxygen atoms in total. The molecule has 2 heterocycles. The minimum atomic E-state index is -0.0169. The van der Waals surface area contributed by atoms with E-state index in [9.17, 15) is 4.79 Å². The van der Waals surface area contributed by atoms with E-state index in [2.05, 4.69) is 38.6 Å². The van der Waals surface area contributed by atoms with Crippen molar-refractivity contribution in [3.8, 4) is 0 Å². The number of rotatable bonds is 7. The van der Waals surface area contributed by atoms with Crippen LogP contribution in [0, 0.1) is 0 Å². The van der Waals surface area contributed by atoms with Gasteiger partial charge < -0.3 is 15.1 Å². The molecule has 0 saturated carbocycles. The Labute approximate surface area is 180 Å². The molecule has 1 unspecified atom stereocenters. The topological polar surface area (TPSA) is 60.8 Å². The van der Waals surface area contributed by atoms with Gasteiger partial charge >= 0.3 is 0 Å². The van der Waals surface area contributed by atoms with Crippen molar-refractivity contribution in [2.45, 2.75) is 19.4 Å². The van der Waals surface area contributed by atoms with Crippen LogP contribution in [-0.2, 0) is 11.3 Å². The van der Waals surface area contributed by atoms with Crippen molar-refractivity contribution < 1.29 is 4.79 Å². The highest BCUT2D eigenvalue weighted by Crippen LogP contribution is 2.18. The van der Waals surface area contributed by atoms with Gasteiger partial charge in [-0.1, -0.05) is 13.0 Å². The Balaban J connectivity index is 0.00000338. The van der Waals surface area contributed by atoms with Crippen LogP contribution >= 0.6 is 46.7 Å². The Morgan fingerprint density at radius 3 is 2.65 bits per heavy atom. The molecule has 0 fully saturated rings. The first-order chi connectivity index (χ1) is 12.0. The molecule has 1 atom stereocenters. The predicted molar refractivity (Wildman–Crippen MR) is 121 cm³/mol. The average Bonchev–Trinajstić information content (AvgIpc) is 3.27. The zero-order valence-corrected chi connectivity index (χ0v) is 19.5. The van der Waals surface area contributed by atoms with Crippen molar-refractivity contribution in [2.75, 3.05) is 34.2 Å². The summed E-state index contributed by atoms with van der Waals surface area (Å²) in [6.07, 6.45) is 1.83. The molecule has 0 spiro atoms. The number of guanidine groups is 1. The van der Waals surface area contributed by atoms with E-state index < -0.39 is 0 Å². The normalized spacial score (nSPS) is 12.2. The fourth-order valence-electron chi connectivity index (χ4n) is 2.23. The SMILES string of the molecule is CC(CN(C)C(=NCC(=O)N(C)C)NCc1cccs1)c1nccs1.I. The molecule has 26 heavy (non-hydrogen) atoms. The van der Waals surface area contributed by atoms with Crippen molar-refractivity contribution in [1.29, 1.82) is 0 Å². The van der Waals surface area contributed by atoms with E-state index >= 15 is 0 Å². The molecule has 2 rings (SSSR count). The van der Waals surface area contributed by atoms with Gasteiger partial charge in [-0.25, -0.2) is 9.98 Å². The Hall–Kier alpha value is -1.20. The summed E-state index contributed by atoms with van der Waals surface area (Å²) in [4.78, 5) is 25.6. The van der Waals surface area contributed by atoms with Gasteiger partial charge in [-0.05, 0) is 11.4 Å². The van der Waals surface area contributed by atoms with Crippen LogP contribution in [0.1, 0.15) is 22.7 Å². The number of likely N-dealkylation sites (N-methyl/N-ethyl adjacent to an activating group) is 2. The summed E-state index contributed by atoms with van der Waals surface area (Å²) in [5, 5.41) is 8.52. The number of carbonyl (C=O) groups is 1. The number of hydrogen-bond acceptors (Lipinski definition) is 5. The smallest absolute Gasteiger partial charge is 0.243 e. The van der Waals surface area contributed by atoms with Crippen molar-refractivity contribution in [3.63, 3.8) is 0 Å². The first kappa shape index (κ1) is 22.8. The molecule has 0 radical (unpaired) electrons. The minimum absolute atomic E-state index is 0. The summed E-state index contributed by atoms with van der Waals surface area (Å²) >= 11 is 3.36. The quantitative estimate of drug-likeness (QED) is 0.356. The number of nitrogens with one attached hydrogen (secondary N) is 1. The van der Waals surface area contributed by atoms with Gasteiger partial charge in [0.1, 0.15) is 6.54 Å². The third kappa shape index (κ3) is 7.20. The van der Waals surface area contributed by atoms with Crippen LogP contribution in [0.5, 0.6) is 0 Å². The van der Waals surface area contributed by atoms with E-state index in [1.54, 1.807) is 41.7 Å². The first-order valence-corrected chi connectivity index (χ1v) is 9.84. The Kier molecular flexibility index (Phi) is 10.1. The molecule has 0 aliphatic heterocycles.